The van der Waals surface area contributed by atoms with Gasteiger partial charge in [-0.3, -0.25) is 20.4 Å². The molecule has 0 atom stereocenters. The van der Waals surface area contributed by atoms with E-state index in [1.54, 1.807) is 24.3 Å². The van der Waals surface area contributed by atoms with Crippen LogP contribution in [0.25, 0.3) is 11.1 Å². The smallest absolute Gasteiger partial charge is 0.298 e. The van der Waals surface area contributed by atoms with Gasteiger partial charge in [0.1, 0.15) is 11.3 Å². The summed E-state index contributed by atoms with van der Waals surface area (Å²) in [5.74, 6) is 0.577. The zero-order chi connectivity index (χ0) is 23.2. The van der Waals surface area contributed by atoms with Crippen molar-refractivity contribution >= 4 is 28.9 Å². The summed E-state index contributed by atoms with van der Waals surface area (Å²) < 4.78 is 11.5. The lowest BCUT2D eigenvalue weighted by Crippen LogP contribution is -2.47. The second-order valence-corrected chi connectivity index (χ2v) is 8.72. The molecule has 1 aromatic heterocycles. The molecular weight excluding hydrogens is 420 g/mol. The van der Waals surface area contributed by atoms with Crippen LogP contribution in [-0.4, -0.2) is 36.5 Å². The molecule has 1 saturated heterocycles. The van der Waals surface area contributed by atoms with Gasteiger partial charge in [0.2, 0.25) is 5.91 Å². The predicted molar refractivity (Wildman–Crippen MR) is 126 cm³/mol. The van der Waals surface area contributed by atoms with E-state index in [1.807, 2.05) is 29.2 Å². The van der Waals surface area contributed by atoms with E-state index in [0.29, 0.717) is 50.0 Å². The molecule has 2 aromatic carbocycles. The van der Waals surface area contributed by atoms with Crippen molar-refractivity contribution < 1.29 is 18.7 Å². The van der Waals surface area contributed by atoms with E-state index in [4.69, 9.17) is 9.15 Å². The standard InChI is InChI=1S/C25H30N4O4/c1-17(2)13-16-32-20-9-7-18(8-10-20)23(30)27-28-24(31)19-11-14-29(15-12-19)25-26-21-5-3-4-6-22(21)33-25/h3-10,17,19H,11-16H2,1-2H3,(H,27,30)(H,28,31). The molecule has 174 valence electrons. The van der Waals surface area contributed by atoms with Gasteiger partial charge < -0.3 is 14.1 Å². The van der Waals surface area contributed by atoms with Crippen LogP contribution < -0.4 is 20.5 Å². The van der Waals surface area contributed by atoms with Crippen LogP contribution >= 0.6 is 0 Å². The number of aromatic nitrogens is 1. The van der Waals surface area contributed by atoms with Crippen LogP contribution in [-0.2, 0) is 4.79 Å². The minimum Gasteiger partial charge on any atom is -0.494 e. The maximum atomic E-state index is 12.5. The lowest BCUT2D eigenvalue weighted by Gasteiger charge is -2.30. The first-order valence-corrected chi connectivity index (χ1v) is 11.4. The number of carbonyl (C=O) groups is 2. The first-order valence-electron chi connectivity index (χ1n) is 11.4. The van der Waals surface area contributed by atoms with E-state index in [2.05, 4.69) is 29.7 Å². The molecule has 1 aliphatic rings. The summed E-state index contributed by atoms with van der Waals surface area (Å²) in [7, 11) is 0. The van der Waals surface area contributed by atoms with Crippen molar-refractivity contribution in [1.82, 2.24) is 15.8 Å². The number of ether oxygens (including phenoxy) is 1. The van der Waals surface area contributed by atoms with Gasteiger partial charge in [-0.2, -0.15) is 4.98 Å². The first-order chi connectivity index (χ1) is 16.0. The largest absolute Gasteiger partial charge is 0.494 e. The van der Waals surface area contributed by atoms with Crippen LogP contribution in [0.3, 0.4) is 0 Å². The molecule has 1 aliphatic heterocycles. The SMILES string of the molecule is CC(C)CCOc1ccc(C(=O)NNC(=O)C2CCN(c3nc4ccccc4o3)CC2)cc1. The summed E-state index contributed by atoms with van der Waals surface area (Å²) in [6.45, 7) is 6.26. The highest BCUT2D eigenvalue weighted by Crippen LogP contribution is 2.26. The number of benzene rings is 2. The lowest BCUT2D eigenvalue weighted by molar-refractivity contribution is -0.126. The zero-order valence-corrected chi connectivity index (χ0v) is 19.0. The predicted octanol–water partition coefficient (Wildman–Crippen LogP) is 3.93. The third-order valence-electron chi connectivity index (χ3n) is 5.80. The highest BCUT2D eigenvalue weighted by molar-refractivity contribution is 5.95. The van der Waals surface area contributed by atoms with Gasteiger partial charge in [-0.15, -0.1) is 0 Å². The summed E-state index contributed by atoms with van der Waals surface area (Å²) in [6.07, 6.45) is 2.29. The van der Waals surface area contributed by atoms with Crippen LogP contribution in [0.1, 0.15) is 43.5 Å². The number of anilines is 1. The molecule has 0 saturated carbocycles. The van der Waals surface area contributed by atoms with E-state index in [1.165, 1.54) is 0 Å². The van der Waals surface area contributed by atoms with Crippen LogP contribution in [0.4, 0.5) is 6.01 Å². The Morgan fingerprint density at radius 2 is 1.82 bits per heavy atom. The lowest BCUT2D eigenvalue weighted by atomic mass is 9.96. The van der Waals surface area contributed by atoms with Crippen LogP contribution in [0.5, 0.6) is 5.75 Å². The Morgan fingerprint density at radius 3 is 2.52 bits per heavy atom. The second-order valence-electron chi connectivity index (χ2n) is 8.72. The second kappa shape index (κ2) is 10.4. The number of fused-ring (bicyclic) bond motifs is 1. The topological polar surface area (TPSA) is 96.7 Å². The van der Waals surface area contributed by atoms with Gasteiger partial charge in [0, 0.05) is 24.6 Å². The quantitative estimate of drug-likeness (QED) is 0.530. The Morgan fingerprint density at radius 1 is 1.09 bits per heavy atom. The number of para-hydroxylation sites is 2. The van der Waals surface area contributed by atoms with E-state index < -0.39 is 0 Å². The van der Waals surface area contributed by atoms with Gasteiger partial charge in [-0.1, -0.05) is 26.0 Å². The normalized spacial score (nSPS) is 14.5. The van der Waals surface area contributed by atoms with E-state index >= 15 is 0 Å². The summed E-state index contributed by atoms with van der Waals surface area (Å²) in [6, 6.07) is 15.1. The average molecular weight is 451 g/mol. The Bertz CT molecular complexity index is 1050. The monoisotopic (exact) mass is 450 g/mol. The molecule has 1 fully saturated rings. The van der Waals surface area contributed by atoms with Gasteiger partial charge >= 0.3 is 0 Å². The minimum absolute atomic E-state index is 0.178. The van der Waals surface area contributed by atoms with Gasteiger partial charge in [0.05, 0.1) is 6.61 Å². The number of carbonyl (C=O) groups excluding carboxylic acids is 2. The van der Waals surface area contributed by atoms with Gasteiger partial charge in [0.25, 0.3) is 11.9 Å². The molecule has 0 spiro atoms. The molecular formula is C25H30N4O4. The number of nitrogens with one attached hydrogen (secondary N) is 2. The third kappa shape index (κ3) is 5.83. The fraction of sp³-hybridized carbons (Fsp3) is 0.400. The number of hydrogen-bond acceptors (Lipinski definition) is 6. The minimum atomic E-state index is -0.360. The number of oxazole rings is 1. The maximum Gasteiger partial charge on any atom is 0.298 e. The van der Waals surface area contributed by atoms with Crippen molar-refractivity contribution in [3.05, 3.63) is 54.1 Å². The van der Waals surface area contributed by atoms with Crippen molar-refractivity contribution in [2.45, 2.75) is 33.1 Å². The van der Waals surface area contributed by atoms with Crippen molar-refractivity contribution in [1.29, 1.82) is 0 Å². The van der Waals surface area contributed by atoms with Crippen molar-refractivity contribution in [2.24, 2.45) is 11.8 Å². The van der Waals surface area contributed by atoms with E-state index in [-0.39, 0.29) is 17.7 Å². The molecule has 2 heterocycles. The Labute approximate surface area is 193 Å². The fourth-order valence-electron chi connectivity index (χ4n) is 3.74. The molecule has 0 bridgehead atoms. The summed E-state index contributed by atoms with van der Waals surface area (Å²) >= 11 is 0. The van der Waals surface area contributed by atoms with Gasteiger partial charge in [-0.05, 0) is 61.6 Å². The molecule has 0 aliphatic carbocycles. The molecule has 8 nitrogen and oxygen atoms in total. The number of hydrazine groups is 1. The molecule has 0 unspecified atom stereocenters. The molecule has 3 aromatic rings. The van der Waals surface area contributed by atoms with E-state index in [0.717, 1.165) is 23.3 Å². The molecule has 33 heavy (non-hydrogen) atoms. The van der Waals surface area contributed by atoms with Crippen LogP contribution in [0, 0.1) is 11.8 Å². The molecule has 2 amide bonds. The summed E-state index contributed by atoms with van der Waals surface area (Å²) in [4.78, 5) is 31.5. The van der Waals surface area contributed by atoms with Crippen molar-refractivity contribution in [2.75, 3.05) is 24.6 Å². The number of hydrogen-bond donors (Lipinski definition) is 2. The molecule has 4 rings (SSSR count). The van der Waals surface area contributed by atoms with Crippen molar-refractivity contribution in [3.8, 4) is 5.75 Å². The molecule has 0 radical (unpaired) electrons. The Hall–Kier alpha value is -3.55. The number of rotatable bonds is 7. The average Bonchev–Trinajstić information content (AvgIpc) is 3.27. The summed E-state index contributed by atoms with van der Waals surface area (Å²) in [5.41, 5.74) is 7.11. The van der Waals surface area contributed by atoms with Crippen LogP contribution in [0.15, 0.2) is 52.9 Å². The third-order valence-corrected chi connectivity index (χ3v) is 5.80. The highest BCUT2D eigenvalue weighted by atomic mass is 16.5. The molecule has 2 N–H and O–H groups in total. The van der Waals surface area contributed by atoms with Gasteiger partial charge in [-0.25, -0.2) is 0 Å². The Balaban J connectivity index is 1.22. The van der Waals surface area contributed by atoms with Crippen molar-refractivity contribution in [3.63, 3.8) is 0 Å². The first kappa shape index (κ1) is 22.6. The van der Waals surface area contributed by atoms with E-state index in [9.17, 15) is 9.59 Å². The number of piperidine rings is 1. The Kier molecular flexibility index (Phi) is 7.12. The van der Waals surface area contributed by atoms with Gasteiger partial charge in [0.15, 0.2) is 5.58 Å². The zero-order valence-electron chi connectivity index (χ0n) is 19.0. The van der Waals surface area contributed by atoms with Crippen LogP contribution in [0.2, 0.25) is 0 Å². The number of nitrogens with zero attached hydrogens (tertiary/aromatic N) is 2. The highest BCUT2D eigenvalue weighted by Gasteiger charge is 2.27. The fourth-order valence-corrected chi connectivity index (χ4v) is 3.74. The maximum absolute atomic E-state index is 12.5. The molecule has 8 heteroatoms. The summed E-state index contributed by atoms with van der Waals surface area (Å²) in [5, 5.41) is 0. The number of amides is 2.